The third-order valence-electron chi connectivity index (χ3n) is 3.46. The lowest BCUT2D eigenvalue weighted by molar-refractivity contribution is 0.0602. The minimum atomic E-state index is -0.318. The fourth-order valence-corrected chi connectivity index (χ4v) is 2.56. The number of hydrogen-bond donors (Lipinski definition) is 0. The molecule has 3 nitrogen and oxygen atoms in total. The quantitative estimate of drug-likeness (QED) is 0.681. The summed E-state index contributed by atoms with van der Waals surface area (Å²) in [5.74, 6) is -0.318. The van der Waals surface area contributed by atoms with E-state index in [1.807, 2.05) is 59.3 Å². The fraction of sp³-hybridized carbons (Fsp3) is 0.118. The van der Waals surface area contributed by atoms with Gasteiger partial charge in [-0.1, -0.05) is 41.9 Å². The Labute approximate surface area is 127 Å². The van der Waals surface area contributed by atoms with E-state index in [1.165, 1.54) is 7.11 Å². The normalized spacial score (nSPS) is 10.8. The van der Waals surface area contributed by atoms with Crippen LogP contribution in [-0.2, 0) is 11.3 Å². The lowest BCUT2D eigenvalue weighted by Crippen LogP contribution is -2.01. The van der Waals surface area contributed by atoms with Crippen LogP contribution in [0.25, 0.3) is 10.9 Å². The highest BCUT2D eigenvalue weighted by molar-refractivity contribution is 6.30. The number of ether oxygens (including phenoxy) is 1. The maximum absolute atomic E-state index is 11.9. The predicted octanol–water partition coefficient (Wildman–Crippen LogP) is 4.13. The Balaban J connectivity index is 2.06. The monoisotopic (exact) mass is 299 g/mol. The molecule has 2 aromatic carbocycles. The van der Waals surface area contributed by atoms with E-state index in [0.717, 1.165) is 16.5 Å². The molecule has 4 heteroatoms. The van der Waals surface area contributed by atoms with Gasteiger partial charge in [0.1, 0.15) is 0 Å². The molecule has 0 amide bonds. The van der Waals surface area contributed by atoms with Gasteiger partial charge < -0.3 is 9.30 Å². The molecule has 0 fully saturated rings. The van der Waals surface area contributed by atoms with E-state index in [0.29, 0.717) is 17.1 Å². The second-order valence-corrected chi connectivity index (χ2v) is 5.24. The van der Waals surface area contributed by atoms with Crippen LogP contribution in [0.15, 0.2) is 54.7 Å². The summed E-state index contributed by atoms with van der Waals surface area (Å²) in [5, 5.41) is 1.62. The molecule has 0 aliphatic rings. The van der Waals surface area contributed by atoms with Crippen molar-refractivity contribution < 1.29 is 9.53 Å². The highest BCUT2D eigenvalue weighted by atomic mass is 35.5. The summed E-state index contributed by atoms with van der Waals surface area (Å²) in [7, 11) is 1.40. The molecule has 3 aromatic rings. The number of benzene rings is 2. The highest BCUT2D eigenvalue weighted by Gasteiger charge is 2.15. The number of para-hydroxylation sites is 1. The number of nitrogens with zero attached hydrogens (tertiary/aromatic N) is 1. The number of fused-ring (bicyclic) bond motifs is 1. The van der Waals surface area contributed by atoms with Crippen molar-refractivity contribution in [3.63, 3.8) is 0 Å². The summed E-state index contributed by atoms with van der Waals surface area (Å²) in [6.45, 7) is 0.675. The van der Waals surface area contributed by atoms with Crippen LogP contribution >= 0.6 is 11.6 Å². The van der Waals surface area contributed by atoms with Crippen molar-refractivity contribution in [3.05, 3.63) is 70.9 Å². The SMILES string of the molecule is COC(=O)c1cn(Cc2ccc(Cl)cc2)c2ccccc12. The van der Waals surface area contributed by atoms with Crippen LogP contribution in [0.5, 0.6) is 0 Å². The van der Waals surface area contributed by atoms with Crippen molar-refractivity contribution in [1.29, 1.82) is 0 Å². The van der Waals surface area contributed by atoms with Crippen molar-refractivity contribution in [2.24, 2.45) is 0 Å². The maximum Gasteiger partial charge on any atom is 0.340 e. The summed E-state index contributed by atoms with van der Waals surface area (Å²) in [6.07, 6.45) is 1.84. The van der Waals surface area contributed by atoms with E-state index in [1.54, 1.807) is 0 Å². The Bertz CT molecular complexity index is 790. The smallest absolute Gasteiger partial charge is 0.340 e. The number of aromatic nitrogens is 1. The molecule has 0 atom stereocenters. The van der Waals surface area contributed by atoms with Crippen LogP contribution in [0, 0.1) is 0 Å². The van der Waals surface area contributed by atoms with Crippen LogP contribution in [0.1, 0.15) is 15.9 Å². The Hall–Kier alpha value is -2.26. The molecule has 0 N–H and O–H groups in total. The number of rotatable bonds is 3. The summed E-state index contributed by atoms with van der Waals surface area (Å²) in [6, 6.07) is 15.5. The second-order valence-electron chi connectivity index (χ2n) is 4.81. The minimum Gasteiger partial charge on any atom is -0.465 e. The fourth-order valence-electron chi connectivity index (χ4n) is 2.44. The lowest BCUT2D eigenvalue weighted by Gasteiger charge is -2.05. The van der Waals surface area contributed by atoms with Gasteiger partial charge in [0.2, 0.25) is 0 Å². The van der Waals surface area contributed by atoms with E-state index in [4.69, 9.17) is 16.3 Å². The Morgan fingerprint density at radius 1 is 1.14 bits per heavy atom. The van der Waals surface area contributed by atoms with Crippen LogP contribution < -0.4 is 0 Å². The molecule has 0 radical (unpaired) electrons. The van der Waals surface area contributed by atoms with E-state index in [-0.39, 0.29) is 5.97 Å². The summed E-state index contributed by atoms with van der Waals surface area (Å²) < 4.78 is 6.90. The molecule has 106 valence electrons. The topological polar surface area (TPSA) is 31.2 Å². The Kier molecular flexibility index (Phi) is 3.67. The van der Waals surface area contributed by atoms with Gasteiger partial charge in [-0.3, -0.25) is 0 Å². The minimum absolute atomic E-state index is 0.318. The zero-order valence-corrected chi connectivity index (χ0v) is 12.3. The standard InChI is InChI=1S/C17H14ClNO2/c1-21-17(20)15-11-19(16-5-3-2-4-14(15)16)10-12-6-8-13(18)9-7-12/h2-9,11H,10H2,1H3. The highest BCUT2D eigenvalue weighted by Crippen LogP contribution is 2.23. The van der Waals surface area contributed by atoms with Gasteiger partial charge in [-0.25, -0.2) is 4.79 Å². The van der Waals surface area contributed by atoms with Gasteiger partial charge >= 0.3 is 5.97 Å². The summed E-state index contributed by atoms with van der Waals surface area (Å²) >= 11 is 5.91. The van der Waals surface area contributed by atoms with Crippen LogP contribution in [-0.4, -0.2) is 17.6 Å². The van der Waals surface area contributed by atoms with E-state index < -0.39 is 0 Å². The van der Waals surface area contributed by atoms with Crippen LogP contribution in [0.4, 0.5) is 0 Å². The number of esters is 1. The number of carbonyl (C=O) groups excluding carboxylic acids is 1. The Morgan fingerprint density at radius 3 is 2.57 bits per heavy atom. The van der Waals surface area contributed by atoms with Crippen LogP contribution in [0.3, 0.4) is 0 Å². The molecule has 1 heterocycles. The van der Waals surface area contributed by atoms with Gasteiger partial charge in [0.25, 0.3) is 0 Å². The largest absolute Gasteiger partial charge is 0.465 e. The van der Waals surface area contributed by atoms with Gasteiger partial charge in [0, 0.05) is 28.7 Å². The average Bonchev–Trinajstić information content (AvgIpc) is 2.88. The number of halogens is 1. The zero-order valence-electron chi connectivity index (χ0n) is 11.5. The van der Waals surface area contributed by atoms with Gasteiger partial charge in [0.15, 0.2) is 0 Å². The van der Waals surface area contributed by atoms with Crippen molar-refractivity contribution in [2.45, 2.75) is 6.54 Å². The van der Waals surface area contributed by atoms with Crippen molar-refractivity contribution in [2.75, 3.05) is 7.11 Å². The zero-order chi connectivity index (χ0) is 14.8. The summed E-state index contributed by atoms with van der Waals surface area (Å²) in [5.41, 5.74) is 2.71. The first kappa shape index (κ1) is 13.7. The van der Waals surface area contributed by atoms with Gasteiger partial charge in [-0.05, 0) is 23.8 Å². The molecular weight excluding hydrogens is 286 g/mol. The molecule has 0 saturated heterocycles. The molecule has 0 spiro atoms. The third kappa shape index (κ3) is 2.65. The predicted molar refractivity (Wildman–Crippen MR) is 83.8 cm³/mol. The van der Waals surface area contributed by atoms with Crippen molar-refractivity contribution >= 4 is 28.5 Å². The van der Waals surface area contributed by atoms with E-state index in [9.17, 15) is 4.79 Å². The molecule has 0 aliphatic heterocycles. The Morgan fingerprint density at radius 2 is 1.86 bits per heavy atom. The number of carbonyl (C=O) groups is 1. The third-order valence-corrected chi connectivity index (χ3v) is 3.71. The molecule has 0 unspecified atom stereocenters. The maximum atomic E-state index is 11.9. The number of hydrogen-bond acceptors (Lipinski definition) is 2. The second kappa shape index (κ2) is 5.62. The van der Waals surface area contributed by atoms with E-state index in [2.05, 4.69) is 0 Å². The van der Waals surface area contributed by atoms with Crippen LogP contribution in [0.2, 0.25) is 5.02 Å². The lowest BCUT2D eigenvalue weighted by atomic mass is 10.2. The molecule has 0 saturated carbocycles. The first-order chi connectivity index (χ1) is 10.2. The van der Waals surface area contributed by atoms with Gasteiger partial charge in [-0.2, -0.15) is 0 Å². The first-order valence-corrected chi connectivity index (χ1v) is 6.97. The van der Waals surface area contributed by atoms with Gasteiger partial charge in [-0.15, -0.1) is 0 Å². The molecule has 0 bridgehead atoms. The molecule has 0 aliphatic carbocycles. The van der Waals surface area contributed by atoms with Gasteiger partial charge in [0.05, 0.1) is 12.7 Å². The number of methoxy groups -OCH3 is 1. The van der Waals surface area contributed by atoms with Crippen molar-refractivity contribution in [3.8, 4) is 0 Å². The molecular formula is C17H14ClNO2. The molecule has 3 rings (SSSR count). The summed E-state index contributed by atoms with van der Waals surface area (Å²) in [4.78, 5) is 11.9. The molecule has 21 heavy (non-hydrogen) atoms. The van der Waals surface area contributed by atoms with Crippen molar-refractivity contribution in [1.82, 2.24) is 4.57 Å². The molecule has 1 aromatic heterocycles. The average molecular weight is 300 g/mol. The van der Waals surface area contributed by atoms with E-state index >= 15 is 0 Å². The first-order valence-electron chi connectivity index (χ1n) is 6.59.